The third-order valence-electron chi connectivity index (χ3n) is 5.16. The predicted molar refractivity (Wildman–Crippen MR) is 138 cm³/mol. The molecule has 0 fully saturated rings. The minimum atomic E-state index is -0.559. The SMILES string of the molecule is CCc1cc(C)cc(Oc2cc(CC)cc(Oc3cc(CC)cc([O][Ge][C](C)(C)C)c3)c2)c1. The first kappa shape index (κ1) is 25.2. The first-order valence-corrected chi connectivity index (χ1v) is 13.8. The van der Waals surface area contributed by atoms with Gasteiger partial charge in [-0.25, -0.2) is 0 Å². The molecular weight excluding hydrogens is 469 g/mol. The summed E-state index contributed by atoms with van der Waals surface area (Å²) in [5.74, 6) is 4.13. The molecule has 0 aliphatic rings. The third-order valence-corrected chi connectivity index (χ3v) is 7.15. The molecule has 3 aromatic rings. The van der Waals surface area contributed by atoms with E-state index in [-0.39, 0.29) is 4.25 Å². The summed E-state index contributed by atoms with van der Waals surface area (Å²) in [4.78, 5) is 0. The van der Waals surface area contributed by atoms with Crippen LogP contribution in [-0.2, 0) is 19.3 Å². The topological polar surface area (TPSA) is 27.7 Å². The van der Waals surface area contributed by atoms with E-state index < -0.39 is 15.8 Å². The van der Waals surface area contributed by atoms with Crippen LogP contribution in [0.15, 0.2) is 54.6 Å². The van der Waals surface area contributed by atoms with Crippen LogP contribution in [-0.4, -0.2) is 15.8 Å². The van der Waals surface area contributed by atoms with Gasteiger partial charge in [0.15, 0.2) is 0 Å². The van der Waals surface area contributed by atoms with Crippen LogP contribution in [0.2, 0.25) is 4.25 Å². The van der Waals surface area contributed by atoms with Crippen molar-refractivity contribution in [3.63, 3.8) is 0 Å². The molecule has 0 aliphatic heterocycles. The van der Waals surface area contributed by atoms with Crippen LogP contribution in [0, 0.1) is 6.92 Å². The number of aryl methyl sites for hydroxylation is 4. The summed E-state index contributed by atoms with van der Waals surface area (Å²) in [5, 5.41) is 0. The fraction of sp³-hybridized carbons (Fsp3) is 0.379. The van der Waals surface area contributed by atoms with Crippen LogP contribution in [0.3, 0.4) is 0 Å². The van der Waals surface area contributed by atoms with Gasteiger partial charge in [0.2, 0.25) is 0 Å². The van der Waals surface area contributed by atoms with E-state index in [0.29, 0.717) is 0 Å². The van der Waals surface area contributed by atoms with Gasteiger partial charge in [0.25, 0.3) is 0 Å². The third kappa shape index (κ3) is 7.85. The molecule has 174 valence electrons. The summed E-state index contributed by atoms with van der Waals surface area (Å²) < 4.78 is 19.0. The summed E-state index contributed by atoms with van der Waals surface area (Å²) in [6, 6.07) is 18.8. The molecule has 0 N–H and O–H groups in total. The average molecular weight is 505 g/mol. The molecule has 0 amide bonds. The van der Waals surface area contributed by atoms with Crippen molar-refractivity contribution < 1.29 is 13.2 Å². The van der Waals surface area contributed by atoms with Gasteiger partial charge in [0, 0.05) is 0 Å². The standard InChI is InChI=1S/C29H36GeO3/c1-8-21-11-20(4)12-24(13-21)31-25-14-22(9-2)15-26(18-25)32-27-16-23(10-3)17-28(19-27)33-30-29(5,6)7/h11-19H,8-10H2,1-7H3. The molecule has 0 saturated heterocycles. The second-order valence-electron chi connectivity index (χ2n) is 9.50. The Hall–Kier alpha value is -2.40. The molecule has 0 unspecified atom stereocenters. The van der Waals surface area contributed by atoms with Gasteiger partial charge in [-0.05, 0) is 13.3 Å². The zero-order valence-electron chi connectivity index (χ0n) is 21.0. The van der Waals surface area contributed by atoms with E-state index >= 15 is 0 Å². The molecule has 0 aromatic heterocycles. The van der Waals surface area contributed by atoms with Crippen molar-refractivity contribution in [2.45, 2.75) is 72.0 Å². The normalized spacial score (nSPS) is 11.4. The van der Waals surface area contributed by atoms with E-state index in [9.17, 15) is 0 Å². The number of benzene rings is 3. The van der Waals surface area contributed by atoms with Gasteiger partial charge >= 0.3 is 180 Å². The second kappa shape index (κ2) is 11.2. The summed E-state index contributed by atoms with van der Waals surface area (Å²) in [5.41, 5.74) is 4.86. The Morgan fingerprint density at radius 3 is 1.42 bits per heavy atom. The Balaban J connectivity index is 1.87. The van der Waals surface area contributed by atoms with E-state index in [2.05, 4.69) is 90.9 Å². The van der Waals surface area contributed by atoms with Crippen LogP contribution >= 0.6 is 0 Å². The summed E-state index contributed by atoms with van der Waals surface area (Å²) in [7, 11) is 0. The molecule has 0 atom stereocenters. The maximum absolute atomic E-state index is 6.34. The summed E-state index contributed by atoms with van der Waals surface area (Å²) in [6.45, 7) is 15.2. The Labute approximate surface area is 206 Å². The van der Waals surface area contributed by atoms with E-state index in [1.807, 2.05) is 12.1 Å². The molecule has 3 nitrogen and oxygen atoms in total. The molecule has 4 heteroatoms. The maximum atomic E-state index is 6.34. The fourth-order valence-corrected chi connectivity index (χ4v) is 4.61. The quantitative estimate of drug-likeness (QED) is 0.273. The van der Waals surface area contributed by atoms with Gasteiger partial charge < -0.3 is 0 Å². The summed E-state index contributed by atoms with van der Waals surface area (Å²) in [6.07, 6.45) is 2.82. The number of rotatable bonds is 9. The molecule has 2 radical (unpaired) electrons. The number of hydrogen-bond donors (Lipinski definition) is 0. The second-order valence-corrected chi connectivity index (χ2v) is 13.5. The molecule has 0 aliphatic carbocycles. The Morgan fingerprint density at radius 1 is 0.576 bits per heavy atom. The number of hydrogen-bond acceptors (Lipinski definition) is 3. The van der Waals surface area contributed by atoms with Crippen LogP contribution in [0.1, 0.15) is 63.8 Å². The van der Waals surface area contributed by atoms with Gasteiger partial charge in [-0.15, -0.1) is 0 Å². The number of ether oxygens (including phenoxy) is 2. The van der Waals surface area contributed by atoms with Crippen molar-refractivity contribution in [1.82, 2.24) is 0 Å². The average Bonchev–Trinajstić information content (AvgIpc) is 2.76. The van der Waals surface area contributed by atoms with Gasteiger partial charge in [0.05, 0.1) is 0 Å². The van der Waals surface area contributed by atoms with Crippen molar-refractivity contribution in [3.8, 4) is 28.7 Å². The van der Waals surface area contributed by atoms with Crippen molar-refractivity contribution in [1.29, 1.82) is 0 Å². The van der Waals surface area contributed by atoms with E-state index in [1.165, 1.54) is 22.3 Å². The van der Waals surface area contributed by atoms with Crippen LogP contribution in [0.4, 0.5) is 0 Å². The van der Waals surface area contributed by atoms with Gasteiger partial charge in [-0.1, -0.05) is 13.0 Å². The first-order valence-electron chi connectivity index (χ1n) is 11.9. The first-order chi connectivity index (χ1) is 15.7. The predicted octanol–water partition coefficient (Wildman–Crippen LogP) is 8.48. The molecule has 0 spiro atoms. The molecule has 33 heavy (non-hydrogen) atoms. The van der Waals surface area contributed by atoms with E-state index in [4.69, 9.17) is 13.2 Å². The molecule has 0 saturated carbocycles. The monoisotopic (exact) mass is 506 g/mol. The van der Waals surface area contributed by atoms with E-state index in [0.717, 1.165) is 48.0 Å². The Kier molecular flexibility index (Phi) is 8.53. The zero-order chi connectivity index (χ0) is 24.0. The molecule has 0 bridgehead atoms. The van der Waals surface area contributed by atoms with Crippen LogP contribution < -0.4 is 13.2 Å². The molecule has 3 aromatic carbocycles. The van der Waals surface area contributed by atoms with Crippen molar-refractivity contribution in [2.24, 2.45) is 0 Å². The Morgan fingerprint density at radius 2 is 0.970 bits per heavy atom. The zero-order valence-corrected chi connectivity index (χ0v) is 23.1. The van der Waals surface area contributed by atoms with Gasteiger partial charge in [-0.2, -0.15) is 0 Å². The van der Waals surface area contributed by atoms with Crippen molar-refractivity contribution in [3.05, 3.63) is 76.9 Å². The Bertz CT molecular complexity index is 1080. The molecular formula is C29H36GeO3. The van der Waals surface area contributed by atoms with Crippen LogP contribution in [0.5, 0.6) is 28.7 Å². The minimum absolute atomic E-state index is 0.221. The van der Waals surface area contributed by atoms with E-state index in [1.54, 1.807) is 0 Å². The van der Waals surface area contributed by atoms with Crippen molar-refractivity contribution >= 4 is 15.8 Å². The molecule has 0 heterocycles. The summed E-state index contributed by atoms with van der Waals surface area (Å²) >= 11 is -0.559. The van der Waals surface area contributed by atoms with Crippen molar-refractivity contribution in [2.75, 3.05) is 0 Å². The van der Waals surface area contributed by atoms with Gasteiger partial charge in [0.1, 0.15) is 0 Å². The molecule has 3 rings (SSSR count). The van der Waals surface area contributed by atoms with Crippen LogP contribution in [0.25, 0.3) is 0 Å². The van der Waals surface area contributed by atoms with Gasteiger partial charge in [-0.3, -0.25) is 0 Å². The fourth-order valence-electron chi connectivity index (χ4n) is 3.48.